The number of nitrogens with zero attached hydrogens (tertiary/aromatic N) is 2. The van der Waals surface area contributed by atoms with Gasteiger partial charge in [-0.1, -0.05) is 11.3 Å². The predicted molar refractivity (Wildman–Crippen MR) is 54.4 cm³/mol. The maximum Gasteiger partial charge on any atom is 0.294 e. The van der Waals surface area contributed by atoms with Gasteiger partial charge in [0.15, 0.2) is 0 Å². The third-order valence-electron chi connectivity index (χ3n) is 1.38. The van der Waals surface area contributed by atoms with Crippen LogP contribution in [0.1, 0.15) is 18.9 Å². The second kappa shape index (κ2) is 5.90. The summed E-state index contributed by atoms with van der Waals surface area (Å²) >= 11 is 1.37. The summed E-state index contributed by atoms with van der Waals surface area (Å²) in [7, 11) is 0. The number of ether oxygens (including phenoxy) is 2. The van der Waals surface area contributed by atoms with Crippen LogP contribution in [0, 0.1) is 0 Å². The summed E-state index contributed by atoms with van der Waals surface area (Å²) < 4.78 is 10.6. The van der Waals surface area contributed by atoms with Crippen LogP contribution in [0.15, 0.2) is 0 Å². The molecule has 0 fully saturated rings. The molecule has 0 unspecified atom stereocenters. The molecular weight excluding hydrogens is 202 g/mol. The van der Waals surface area contributed by atoms with E-state index < -0.39 is 0 Å². The van der Waals surface area contributed by atoms with Crippen molar-refractivity contribution < 1.29 is 9.47 Å². The lowest BCUT2D eigenvalue weighted by atomic mass is 10.5. The van der Waals surface area contributed by atoms with Gasteiger partial charge >= 0.3 is 0 Å². The summed E-state index contributed by atoms with van der Waals surface area (Å²) in [5, 5.41) is 8.98. The first kappa shape index (κ1) is 11.4. The zero-order valence-electron chi connectivity index (χ0n) is 8.40. The van der Waals surface area contributed by atoms with Crippen molar-refractivity contribution in [3.8, 4) is 5.19 Å². The van der Waals surface area contributed by atoms with E-state index in [2.05, 4.69) is 10.2 Å². The molecule has 0 saturated carbocycles. The highest BCUT2D eigenvalue weighted by atomic mass is 32.1. The van der Waals surface area contributed by atoms with Crippen molar-refractivity contribution >= 4 is 11.3 Å². The standard InChI is InChI=1S/C8H15N3O2S/c1-6(2)12-3-4-13-8-11-10-7(5-9)14-8/h6H,3-5,9H2,1-2H3. The van der Waals surface area contributed by atoms with Gasteiger partial charge in [-0.15, -0.1) is 10.2 Å². The molecule has 14 heavy (non-hydrogen) atoms. The van der Waals surface area contributed by atoms with Crippen LogP contribution in [0.3, 0.4) is 0 Å². The molecule has 2 N–H and O–H groups in total. The van der Waals surface area contributed by atoms with Gasteiger partial charge in [0, 0.05) is 6.54 Å². The fraction of sp³-hybridized carbons (Fsp3) is 0.750. The van der Waals surface area contributed by atoms with Gasteiger partial charge < -0.3 is 15.2 Å². The van der Waals surface area contributed by atoms with Crippen LogP contribution in [0.25, 0.3) is 0 Å². The minimum Gasteiger partial charge on any atom is -0.466 e. The molecular formula is C8H15N3O2S. The van der Waals surface area contributed by atoms with Crippen LogP contribution in [0.2, 0.25) is 0 Å². The van der Waals surface area contributed by atoms with Crippen LogP contribution in [-0.2, 0) is 11.3 Å². The Balaban J connectivity index is 2.18. The lowest BCUT2D eigenvalue weighted by Crippen LogP contribution is -2.11. The molecule has 0 aliphatic carbocycles. The van der Waals surface area contributed by atoms with E-state index in [0.29, 0.717) is 25.0 Å². The third-order valence-corrected chi connectivity index (χ3v) is 2.24. The smallest absolute Gasteiger partial charge is 0.294 e. The summed E-state index contributed by atoms with van der Waals surface area (Å²) in [5.74, 6) is 0. The molecule has 1 aromatic heterocycles. The minimum atomic E-state index is 0.229. The van der Waals surface area contributed by atoms with Gasteiger partial charge in [-0.3, -0.25) is 0 Å². The number of hydrogen-bond acceptors (Lipinski definition) is 6. The molecule has 0 amide bonds. The Morgan fingerprint density at radius 1 is 1.36 bits per heavy atom. The van der Waals surface area contributed by atoms with Crippen LogP contribution >= 0.6 is 11.3 Å². The van der Waals surface area contributed by atoms with Crippen LogP contribution in [0.4, 0.5) is 0 Å². The van der Waals surface area contributed by atoms with Gasteiger partial charge in [0.1, 0.15) is 11.6 Å². The van der Waals surface area contributed by atoms with E-state index in [1.54, 1.807) is 0 Å². The van der Waals surface area contributed by atoms with Gasteiger partial charge in [-0.05, 0) is 13.8 Å². The molecule has 0 spiro atoms. The zero-order valence-corrected chi connectivity index (χ0v) is 9.21. The third kappa shape index (κ3) is 3.99. The Bertz CT molecular complexity index is 265. The molecule has 0 atom stereocenters. The highest BCUT2D eigenvalue weighted by Gasteiger charge is 2.02. The number of nitrogens with two attached hydrogens (primary N) is 1. The van der Waals surface area contributed by atoms with E-state index in [0.717, 1.165) is 5.01 Å². The van der Waals surface area contributed by atoms with E-state index in [1.165, 1.54) is 11.3 Å². The summed E-state index contributed by atoms with van der Waals surface area (Å²) in [6, 6.07) is 0. The Kier molecular flexibility index (Phi) is 4.78. The van der Waals surface area contributed by atoms with Gasteiger partial charge in [-0.25, -0.2) is 0 Å². The van der Waals surface area contributed by atoms with Crippen molar-refractivity contribution in [3.63, 3.8) is 0 Å². The van der Waals surface area contributed by atoms with E-state index in [9.17, 15) is 0 Å². The molecule has 0 saturated heterocycles. The van der Waals surface area contributed by atoms with Gasteiger partial charge in [0.05, 0.1) is 12.7 Å². The fourth-order valence-corrected chi connectivity index (χ4v) is 1.38. The fourth-order valence-electron chi connectivity index (χ4n) is 0.792. The topological polar surface area (TPSA) is 70.3 Å². The highest BCUT2D eigenvalue weighted by Crippen LogP contribution is 2.16. The van der Waals surface area contributed by atoms with Gasteiger partial charge in [0.2, 0.25) is 0 Å². The monoisotopic (exact) mass is 217 g/mol. The molecule has 80 valence electrons. The second-order valence-electron chi connectivity index (χ2n) is 2.93. The van der Waals surface area contributed by atoms with E-state index >= 15 is 0 Å². The van der Waals surface area contributed by atoms with E-state index in [-0.39, 0.29) is 6.10 Å². The maximum atomic E-state index is 5.39. The summed E-state index contributed by atoms with van der Waals surface area (Å²) in [5.41, 5.74) is 5.39. The first-order valence-corrected chi connectivity index (χ1v) is 5.31. The van der Waals surface area contributed by atoms with Gasteiger partial charge in [0.25, 0.3) is 5.19 Å². The van der Waals surface area contributed by atoms with Crippen molar-refractivity contribution in [2.24, 2.45) is 5.73 Å². The van der Waals surface area contributed by atoms with Crippen molar-refractivity contribution in [2.45, 2.75) is 26.5 Å². The van der Waals surface area contributed by atoms with Crippen molar-refractivity contribution in [3.05, 3.63) is 5.01 Å². The van der Waals surface area contributed by atoms with Crippen molar-refractivity contribution in [1.82, 2.24) is 10.2 Å². The minimum absolute atomic E-state index is 0.229. The van der Waals surface area contributed by atoms with Gasteiger partial charge in [-0.2, -0.15) is 0 Å². The molecule has 0 aliphatic rings. The van der Waals surface area contributed by atoms with Crippen molar-refractivity contribution in [1.29, 1.82) is 0 Å². The molecule has 1 rings (SSSR count). The average molecular weight is 217 g/mol. The quantitative estimate of drug-likeness (QED) is 0.714. The first-order valence-electron chi connectivity index (χ1n) is 4.49. The molecule has 0 bridgehead atoms. The summed E-state index contributed by atoms with van der Waals surface area (Å²) in [6.45, 7) is 5.44. The predicted octanol–water partition coefficient (Wildman–Crippen LogP) is 0.801. The highest BCUT2D eigenvalue weighted by molar-refractivity contribution is 7.13. The molecule has 6 heteroatoms. The normalized spacial score (nSPS) is 10.9. The zero-order chi connectivity index (χ0) is 10.4. The second-order valence-corrected chi connectivity index (χ2v) is 3.96. The number of aromatic nitrogens is 2. The summed E-state index contributed by atoms with van der Waals surface area (Å²) in [6.07, 6.45) is 0.229. The first-order chi connectivity index (χ1) is 6.72. The molecule has 1 heterocycles. The van der Waals surface area contributed by atoms with Crippen LogP contribution < -0.4 is 10.5 Å². The lowest BCUT2D eigenvalue weighted by molar-refractivity contribution is 0.0550. The molecule has 0 aliphatic heterocycles. The Labute approximate surface area is 87.2 Å². The maximum absolute atomic E-state index is 5.39. The van der Waals surface area contributed by atoms with E-state index in [1.807, 2.05) is 13.8 Å². The molecule has 0 aromatic carbocycles. The molecule has 1 aromatic rings. The number of hydrogen-bond donors (Lipinski definition) is 1. The van der Waals surface area contributed by atoms with Crippen molar-refractivity contribution in [2.75, 3.05) is 13.2 Å². The Morgan fingerprint density at radius 2 is 2.14 bits per heavy atom. The van der Waals surface area contributed by atoms with Crippen LogP contribution in [0.5, 0.6) is 5.19 Å². The lowest BCUT2D eigenvalue weighted by Gasteiger charge is -2.06. The molecule has 5 nitrogen and oxygen atoms in total. The largest absolute Gasteiger partial charge is 0.466 e. The SMILES string of the molecule is CC(C)OCCOc1nnc(CN)s1. The number of rotatable bonds is 6. The summed E-state index contributed by atoms with van der Waals surface area (Å²) in [4.78, 5) is 0. The van der Waals surface area contributed by atoms with E-state index in [4.69, 9.17) is 15.2 Å². The Morgan fingerprint density at radius 3 is 2.71 bits per heavy atom. The average Bonchev–Trinajstić information content (AvgIpc) is 2.60. The van der Waals surface area contributed by atoms with Crippen LogP contribution in [-0.4, -0.2) is 29.5 Å². The molecule has 0 radical (unpaired) electrons. The Hall–Kier alpha value is -0.720.